The quantitative estimate of drug-likeness (QED) is 0.462. The van der Waals surface area contributed by atoms with E-state index in [1.807, 2.05) is 42.5 Å². The fourth-order valence-corrected chi connectivity index (χ4v) is 8.30. The van der Waals surface area contributed by atoms with Crippen LogP contribution in [0, 0.1) is 23.7 Å². The maximum absolute atomic E-state index is 13.4. The first kappa shape index (κ1) is 19.9. The van der Waals surface area contributed by atoms with Crippen LogP contribution in [-0.4, -0.2) is 28.7 Å². The van der Waals surface area contributed by atoms with Crippen molar-refractivity contribution in [2.75, 3.05) is 7.11 Å². The van der Waals surface area contributed by atoms with E-state index in [1.54, 1.807) is 18.9 Å². The van der Waals surface area contributed by atoms with Gasteiger partial charge in [-0.25, -0.2) is 0 Å². The van der Waals surface area contributed by atoms with Crippen molar-refractivity contribution in [3.05, 3.63) is 47.1 Å². The molecule has 31 heavy (non-hydrogen) atoms. The van der Waals surface area contributed by atoms with Crippen molar-refractivity contribution in [2.45, 2.75) is 42.9 Å². The van der Waals surface area contributed by atoms with Crippen molar-refractivity contribution >= 4 is 36.4 Å². The molecule has 4 aliphatic carbocycles. The Morgan fingerprint density at radius 2 is 1.77 bits per heavy atom. The van der Waals surface area contributed by atoms with E-state index in [1.165, 1.54) is 32.1 Å². The van der Waals surface area contributed by atoms with Crippen LogP contribution in [0.2, 0.25) is 0 Å². The van der Waals surface area contributed by atoms with Gasteiger partial charge in [-0.3, -0.25) is 4.79 Å². The average molecular weight is 454 g/mol. The highest BCUT2D eigenvalue weighted by Crippen LogP contribution is 2.57. The zero-order chi connectivity index (χ0) is 21.1. The Labute approximate surface area is 192 Å². The molecule has 2 heterocycles. The highest BCUT2D eigenvalue weighted by Gasteiger charge is 2.53. The van der Waals surface area contributed by atoms with Gasteiger partial charge < -0.3 is 14.1 Å². The number of thiol groups is 1. The maximum atomic E-state index is 13.4. The number of para-hydroxylation sites is 1. The molecule has 1 amide bonds. The minimum Gasteiger partial charge on any atom is -0.496 e. The number of benzene rings is 1. The number of hydrogen-bond acceptors (Lipinski definition) is 5. The number of hydrogen-bond donors (Lipinski definition) is 1. The van der Waals surface area contributed by atoms with Crippen LogP contribution in [0.15, 0.2) is 45.7 Å². The van der Waals surface area contributed by atoms with Gasteiger partial charge in [-0.15, -0.1) is 12.6 Å². The molecule has 0 radical (unpaired) electrons. The summed E-state index contributed by atoms with van der Waals surface area (Å²) in [6.07, 6.45) is 8.49. The van der Waals surface area contributed by atoms with Crippen molar-refractivity contribution in [1.29, 1.82) is 0 Å². The summed E-state index contributed by atoms with van der Waals surface area (Å²) in [5.74, 6) is 5.43. The summed E-state index contributed by atoms with van der Waals surface area (Å²) < 4.78 is 11.4. The molecule has 2 aromatic rings. The van der Waals surface area contributed by atoms with Crippen molar-refractivity contribution in [3.8, 4) is 17.1 Å². The molecule has 0 N–H and O–H groups in total. The number of furan rings is 1. The average Bonchev–Trinajstić information content (AvgIpc) is 3.33. The van der Waals surface area contributed by atoms with Gasteiger partial charge in [0.15, 0.2) is 0 Å². The molecule has 0 spiro atoms. The topological polar surface area (TPSA) is 42.7 Å². The third kappa shape index (κ3) is 3.34. The van der Waals surface area contributed by atoms with Gasteiger partial charge in [0, 0.05) is 12.1 Å². The summed E-state index contributed by atoms with van der Waals surface area (Å²) in [5.41, 5.74) is 0.905. The zero-order valence-electron chi connectivity index (χ0n) is 17.6. The van der Waals surface area contributed by atoms with Gasteiger partial charge in [-0.2, -0.15) is 0 Å². The monoisotopic (exact) mass is 453 g/mol. The first-order valence-electron chi connectivity index (χ1n) is 11.2. The highest BCUT2D eigenvalue weighted by molar-refractivity contribution is 8.14. The van der Waals surface area contributed by atoms with Crippen LogP contribution in [0.25, 0.3) is 17.4 Å². The summed E-state index contributed by atoms with van der Waals surface area (Å²) >= 11 is 6.38. The van der Waals surface area contributed by atoms with E-state index in [4.69, 9.17) is 21.8 Å². The van der Waals surface area contributed by atoms with E-state index in [-0.39, 0.29) is 10.6 Å². The van der Waals surface area contributed by atoms with Gasteiger partial charge in [0.1, 0.15) is 22.0 Å². The summed E-state index contributed by atoms with van der Waals surface area (Å²) in [6.45, 7) is 0. The normalized spacial score (nSPS) is 35.4. The molecule has 4 nitrogen and oxygen atoms in total. The summed E-state index contributed by atoms with van der Waals surface area (Å²) in [4.78, 5) is 16.3. The Morgan fingerprint density at radius 3 is 2.48 bits per heavy atom. The third-order valence-corrected chi connectivity index (χ3v) is 9.24. The van der Waals surface area contributed by atoms with Crippen molar-refractivity contribution in [2.24, 2.45) is 23.7 Å². The number of thioether (sulfide) groups is 1. The Hall–Kier alpha value is -1.79. The number of ether oxygens (including phenoxy) is 1. The van der Waals surface area contributed by atoms with Crippen LogP contribution >= 0.6 is 24.4 Å². The fraction of sp³-hybridized carbons (Fsp3) is 0.480. The minimum absolute atomic E-state index is 0.107. The van der Waals surface area contributed by atoms with Gasteiger partial charge in [0.2, 0.25) is 0 Å². The Kier molecular flexibility index (Phi) is 4.91. The van der Waals surface area contributed by atoms with Crippen LogP contribution in [0.5, 0.6) is 5.75 Å². The van der Waals surface area contributed by atoms with E-state index < -0.39 is 0 Å². The largest absolute Gasteiger partial charge is 0.496 e. The van der Waals surface area contributed by atoms with Crippen molar-refractivity contribution < 1.29 is 13.9 Å². The van der Waals surface area contributed by atoms with E-state index >= 15 is 0 Å². The van der Waals surface area contributed by atoms with E-state index in [2.05, 4.69) is 4.90 Å². The lowest BCUT2D eigenvalue weighted by Gasteiger charge is -2.56. The number of carbonyl (C=O) groups excluding carboxylic acids is 1. The van der Waals surface area contributed by atoms with Gasteiger partial charge >= 0.3 is 0 Å². The molecule has 1 saturated heterocycles. The van der Waals surface area contributed by atoms with Crippen LogP contribution in [0.3, 0.4) is 0 Å². The number of amides is 1. The molecule has 6 heteroatoms. The fourth-order valence-electron chi connectivity index (χ4n) is 6.73. The Balaban J connectivity index is 1.25. The molecule has 1 aromatic carbocycles. The molecule has 7 rings (SSSR count). The Bertz CT molecular complexity index is 1020. The van der Waals surface area contributed by atoms with Gasteiger partial charge in [0.05, 0.1) is 17.6 Å². The van der Waals surface area contributed by atoms with E-state index in [9.17, 15) is 4.79 Å². The van der Waals surface area contributed by atoms with Gasteiger partial charge in [-0.05, 0) is 80.0 Å². The lowest BCUT2D eigenvalue weighted by atomic mass is 9.54. The molecule has 1 aliphatic heterocycles. The summed E-state index contributed by atoms with van der Waals surface area (Å²) in [6, 6.07) is 12.0. The third-order valence-electron chi connectivity index (χ3n) is 7.69. The SMILES string of the molecule is COc1ccccc1-c1ccc(/C=C2\SC(S)N(C3C4CC5CC(C4)CC3C5)C2=O)o1. The van der Waals surface area contributed by atoms with Crippen LogP contribution in [0.4, 0.5) is 0 Å². The molecule has 1 unspecified atom stereocenters. The molecule has 1 atom stereocenters. The van der Waals surface area contributed by atoms with Gasteiger partial charge in [-0.1, -0.05) is 23.9 Å². The summed E-state index contributed by atoms with van der Waals surface area (Å²) in [5, 5.41) is 0. The molecule has 1 aromatic heterocycles. The maximum Gasteiger partial charge on any atom is 0.262 e. The van der Waals surface area contributed by atoms with Crippen LogP contribution in [0.1, 0.15) is 37.9 Å². The second-order valence-electron chi connectivity index (χ2n) is 9.49. The molecule has 5 aliphatic rings. The summed E-state index contributed by atoms with van der Waals surface area (Å²) in [7, 11) is 1.66. The molecule has 4 bridgehead atoms. The second kappa shape index (κ2) is 7.66. The zero-order valence-corrected chi connectivity index (χ0v) is 19.3. The second-order valence-corrected chi connectivity index (χ2v) is 11.4. The predicted molar refractivity (Wildman–Crippen MR) is 127 cm³/mol. The predicted octanol–water partition coefficient (Wildman–Crippen LogP) is 5.91. The highest BCUT2D eigenvalue weighted by atomic mass is 32.2. The minimum atomic E-state index is -0.107. The standard InChI is InChI=1S/C25H27NO3S2/c1-28-20-5-3-2-4-19(20)21-7-6-18(29-21)13-22-24(27)26(25(30)31-22)23-16-9-14-8-15(11-16)12-17(23)10-14/h2-7,13-17,23,25,30H,8-12H2,1H3/b22-13-. The number of methoxy groups -OCH3 is 1. The van der Waals surface area contributed by atoms with Crippen LogP contribution in [-0.2, 0) is 4.79 Å². The van der Waals surface area contributed by atoms with Crippen LogP contribution < -0.4 is 4.74 Å². The lowest BCUT2D eigenvalue weighted by molar-refractivity contribution is -0.136. The lowest BCUT2D eigenvalue weighted by Crippen LogP contribution is -2.57. The van der Waals surface area contributed by atoms with Crippen molar-refractivity contribution in [3.63, 3.8) is 0 Å². The number of rotatable bonds is 4. The molecular formula is C25H27NO3S2. The molecule has 162 valence electrons. The Morgan fingerprint density at radius 1 is 1.06 bits per heavy atom. The first-order chi connectivity index (χ1) is 15.1. The number of carbonyl (C=O) groups is 1. The number of nitrogens with zero attached hydrogens (tertiary/aromatic N) is 1. The first-order valence-corrected chi connectivity index (χ1v) is 12.6. The van der Waals surface area contributed by atoms with E-state index in [0.29, 0.717) is 23.6 Å². The van der Waals surface area contributed by atoms with Gasteiger partial charge in [0.25, 0.3) is 5.91 Å². The molecule has 5 fully saturated rings. The smallest absolute Gasteiger partial charge is 0.262 e. The molecular weight excluding hydrogens is 426 g/mol. The van der Waals surface area contributed by atoms with Crippen molar-refractivity contribution in [1.82, 2.24) is 4.90 Å². The molecule has 4 saturated carbocycles. The van der Waals surface area contributed by atoms with E-state index in [0.717, 1.165) is 33.8 Å².